The first-order chi connectivity index (χ1) is 8.33. The minimum Gasteiger partial charge on any atom is -0.297 e. The number of rotatable bonds is 7. The van der Waals surface area contributed by atoms with Crippen molar-refractivity contribution in [2.75, 3.05) is 18.4 Å². The van der Waals surface area contributed by atoms with E-state index in [9.17, 15) is 0 Å². The van der Waals surface area contributed by atoms with Gasteiger partial charge in [0.15, 0.2) is 4.96 Å². The number of imidazole rings is 1. The zero-order valence-electron chi connectivity index (χ0n) is 10.1. The minimum absolute atomic E-state index is 0.958. The Morgan fingerprint density at radius 2 is 2.35 bits per heavy atom. The Hall–Kier alpha value is -0.390. The maximum Gasteiger partial charge on any atom is 0.193 e. The van der Waals surface area contributed by atoms with Crippen LogP contribution < -0.4 is 0 Å². The van der Waals surface area contributed by atoms with Crippen LogP contribution in [-0.4, -0.2) is 32.7 Å². The maximum absolute atomic E-state index is 4.63. The molecule has 0 saturated carbocycles. The van der Waals surface area contributed by atoms with E-state index in [4.69, 9.17) is 0 Å². The molecule has 2 rings (SSSR count). The second-order valence-corrected chi connectivity index (χ2v) is 5.81. The van der Waals surface area contributed by atoms with Gasteiger partial charge >= 0.3 is 0 Å². The number of alkyl halides is 1. The first-order valence-corrected chi connectivity index (χ1v) is 8.03. The highest BCUT2D eigenvalue weighted by Gasteiger charge is 2.08. The molecule has 0 unspecified atom stereocenters. The smallest absolute Gasteiger partial charge is 0.193 e. The van der Waals surface area contributed by atoms with Gasteiger partial charge in [0.2, 0.25) is 0 Å². The average Bonchev–Trinajstić information content (AvgIpc) is 2.86. The lowest BCUT2D eigenvalue weighted by atomic mass is 10.3. The molecule has 0 amide bonds. The Bertz CT molecular complexity index is 423. The van der Waals surface area contributed by atoms with Crippen molar-refractivity contribution in [2.24, 2.45) is 0 Å². The quantitative estimate of drug-likeness (QED) is 0.730. The standard InChI is InChI=1S/C12H18BrN3S/c1-2-3-5-15(6-4-13)9-11-10-16-7-8-17-12(16)14-11/h7-8,10H,2-6,9H2,1H3. The highest BCUT2D eigenvalue weighted by atomic mass is 79.9. The molecule has 0 aliphatic carbocycles. The van der Waals surface area contributed by atoms with E-state index in [0.29, 0.717) is 0 Å². The van der Waals surface area contributed by atoms with E-state index in [0.717, 1.165) is 29.9 Å². The summed E-state index contributed by atoms with van der Waals surface area (Å²) in [4.78, 5) is 8.18. The van der Waals surface area contributed by atoms with Gasteiger partial charge < -0.3 is 0 Å². The van der Waals surface area contributed by atoms with Gasteiger partial charge in [0.25, 0.3) is 0 Å². The lowest BCUT2D eigenvalue weighted by Crippen LogP contribution is -2.26. The lowest BCUT2D eigenvalue weighted by molar-refractivity contribution is 0.275. The molecule has 0 aromatic carbocycles. The number of unbranched alkanes of at least 4 members (excludes halogenated alkanes) is 1. The third-order valence-electron chi connectivity index (χ3n) is 2.76. The fraction of sp³-hybridized carbons (Fsp3) is 0.583. The molecule has 0 fully saturated rings. The van der Waals surface area contributed by atoms with Crippen LogP contribution in [0.3, 0.4) is 0 Å². The monoisotopic (exact) mass is 315 g/mol. The van der Waals surface area contributed by atoms with Crippen molar-refractivity contribution in [3.8, 4) is 0 Å². The highest BCUT2D eigenvalue weighted by molar-refractivity contribution is 9.09. The summed E-state index contributed by atoms with van der Waals surface area (Å²) >= 11 is 5.21. The Labute approximate surface area is 115 Å². The van der Waals surface area contributed by atoms with E-state index in [-0.39, 0.29) is 0 Å². The summed E-state index contributed by atoms with van der Waals surface area (Å²) < 4.78 is 2.10. The van der Waals surface area contributed by atoms with Crippen LogP contribution in [0.15, 0.2) is 17.8 Å². The van der Waals surface area contributed by atoms with Crippen LogP contribution in [0.5, 0.6) is 0 Å². The first-order valence-electron chi connectivity index (χ1n) is 6.03. The van der Waals surface area contributed by atoms with Crippen LogP contribution in [-0.2, 0) is 6.54 Å². The summed E-state index contributed by atoms with van der Waals surface area (Å²) in [6.07, 6.45) is 6.71. The fourth-order valence-corrected chi connectivity index (χ4v) is 3.07. The zero-order chi connectivity index (χ0) is 12.1. The van der Waals surface area contributed by atoms with Crippen molar-refractivity contribution in [3.05, 3.63) is 23.5 Å². The van der Waals surface area contributed by atoms with Crippen molar-refractivity contribution in [1.29, 1.82) is 0 Å². The molecule has 2 aromatic rings. The van der Waals surface area contributed by atoms with Gasteiger partial charge in [0, 0.05) is 36.2 Å². The van der Waals surface area contributed by atoms with Crippen molar-refractivity contribution in [2.45, 2.75) is 26.3 Å². The molecule has 0 aliphatic rings. The maximum atomic E-state index is 4.63. The van der Waals surface area contributed by atoms with Gasteiger partial charge in [-0.25, -0.2) is 4.98 Å². The fourth-order valence-electron chi connectivity index (χ4n) is 1.85. The lowest BCUT2D eigenvalue weighted by Gasteiger charge is -2.19. The van der Waals surface area contributed by atoms with E-state index in [1.165, 1.54) is 18.5 Å². The summed E-state index contributed by atoms with van der Waals surface area (Å²) in [5.41, 5.74) is 1.17. The number of halogens is 1. The number of thiazole rings is 1. The number of hydrogen-bond acceptors (Lipinski definition) is 3. The van der Waals surface area contributed by atoms with Crippen molar-refractivity contribution in [1.82, 2.24) is 14.3 Å². The molecule has 2 aromatic heterocycles. The highest BCUT2D eigenvalue weighted by Crippen LogP contribution is 2.13. The van der Waals surface area contributed by atoms with Gasteiger partial charge in [0.05, 0.1) is 5.69 Å². The summed E-state index contributed by atoms with van der Waals surface area (Å²) in [6, 6.07) is 0. The van der Waals surface area contributed by atoms with E-state index < -0.39 is 0 Å². The van der Waals surface area contributed by atoms with Crippen molar-refractivity contribution >= 4 is 32.2 Å². The number of nitrogens with zero attached hydrogens (tertiary/aromatic N) is 3. The van der Waals surface area contributed by atoms with Crippen molar-refractivity contribution in [3.63, 3.8) is 0 Å². The third kappa shape index (κ3) is 3.53. The Morgan fingerprint density at radius 1 is 1.47 bits per heavy atom. The second-order valence-electron chi connectivity index (χ2n) is 4.14. The zero-order valence-corrected chi connectivity index (χ0v) is 12.5. The Balaban J connectivity index is 1.98. The predicted octanol–water partition coefficient (Wildman–Crippen LogP) is 3.39. The van der Waals surface area contributed by atoms with Crippen LogP contribution in [0, 0.1) is 0 Å². The molecule has 5 heteroatoms. The molecule has 0 atom stereocenters. The molecule has 0 spiro atoms. The normalized spacial score (nSPS) is 11.7. The molecule has 0 N–H and O–H groups in total. The minimum atomic E-state index is 0.958. The van der Waals surface area contributed by atoms with Crippen LogP contribution in [0.2, 0.25) is 0 Å². The molecule has 17 heavy (non-hydrogen) atoms. The molecule has 3 nitrogen and oxygen atoms in total. The van der Waals surface area contributed by atoms with Crippen LogP contribution in [0.1, 0.15) is 25.5 Å². The van der Waals surface area contributed by atoms with E-state index >= 15 is 0 Å². The Morgan fingerprint density at radius 3 is 3.06 bits per heavy atom. The second kappa shape index (κ2) is 6.52. The van der Waals surface area contributed by atoms with Crippen LogP contribution >= 0.6 is 27.3 Å². The largest absolute Gasteiger partial charge is 0.297 e. The number of fused-ring (bicyclic) bond motifs is 1. The van der Waals surface area contributed by atoms with Gasteiger partial charge in [-0.15, -0.1) is 11.3 Å². The number of aromatic nitrogens is 2. The SMILES string of the molecule is CCCCN(CCBr)Cc1cn2ccsc2n1. The van der Waals surface area contributed by atoms with Gasteiger partial charge in [-0.05, 0) is 13.0 Å². The Kier molecular flexibility index (Phi) is 5.00. The summed E-state index contributed by atoms with van der Waals surface area (Å²) in [5, 5.41) is 3.10. The summed E-state index contributed by atoms with van der Waals surface area (Å²) in [7, 11) is 0. The first kappa shape index (κ1) is 13.1. The molecule has 0 radical (unpaired) electrons. The van der Waals surface area contributed by atoms with Gasteiger partial charge in [0.1, 0.15) is 0 Å². The summed E-state index contributed by atoms with van der Waals surface area (Å²) in [6.45, 7) is 5.44. The molecule has 0 saturated heterocycles. The predicted molar refractivity (Wildman–Crippen MR) is 77.0 cm³/mol. The third-order valence-corrected chi connectivity index (χ3v) is 3.88. The van der Waals surface area contributed by atoms with Gasteiger partial charge in [-0.1, -0.05) is 29.3 Å². The van der Waals surface area contributed by atoms with Gasteiger partial charge in [-0.2, -0.15) is 0 Å². The van der Waals surface area contributed by atoms with Crippen LogP contribution in [0.4, 0.5) is 0 Å². The molecule has 2 heterocycles. The molecule has 0 aliphatic heterocycles. The van der Waals surface area contributed by atoms with Crippen LogP contribution in [0.25, 0.3) is 4.96 Å². The van der Waals surface area contributed by atoms with Gasteiger partial charge in [-0.3, -0.25) is 9.30 Å². The average molecular weight is 316 g/mol. The molecule has 94 valence electrons. The molecule has 0 bridgehead atoms. The molecular weight excluding hydrogens is 298 g/mol. The van der Waals surface area contributed by atoms with E-state index in [1.807, 2.05) is 0 Å². The molecular formula is C12H18BrN3S. The van der Waals surface area contributed by atoms with Crippen molar-refractivity contribution < 1.29 is 0 Å². The summed E-state index contributed by atoms with van der Waals surface area (Å²) in [5.74, 6) is 0. The van der Waals surface area contributed by atoms with E-state index in [1.54, 1.807) is 11.3 Å². The van der Waals surface area contributed by atoms with E-state index in [2.05, 4.69) is 54.9 Å². The number of hydrogen-bond donors (Lipinski definition) is 0. The topological polar surface area (TPSA) is 20.5 Å².